The molecule has 0 saturated carbocycles. The van der Waals surface area contributed by atoms with E-state index >= 15 is 0 Å². The van der Waals surface area contributed by atoms with Gasteiger partial charge < -0.3 is 10.1 Å². The first kappa shape index (κ1) is 18.1. The third-order valence-electron chi connectivity index (χ3n) is 4.53. The fraction of sp³-hybridized carbons (Fsp3) is 0.300. The second-order valence-electron chi connectivity index (χ2n) is 6.26. The average Bonchev–Trinajstić information content (AvgIpc) is 2.68. The van der Waals surface area contributed by atoms with Gasteiger partial charge >= 0.3 is 0 Å². The highest BCUT2D eigenvalue weighted by atomic mass is 19.1. The van der Waals surface area contributed by atoms with Crippen molar-refractivity contribution in [3.05, 3.63) is 65.5 Å². The van der Waals surface area contributed by atoms with Crippen LogP contribution in [0.2, 0.25) is 0 Å². The molecule has 1 heterocycles. The molecule has 0 radical (unpaired) electrons. The molecule has 1 saturated heterocycles. The number of ether oxygens (including phenoxy) is 1. The van der Waals surface area contributed by atoms with E-state index in [0.29, 0.717) is 30.9 Å². The van der Waals surface area contributed by atoms with E-state index in [4.69, 9.17) is 10.00 Å². The van der Waals surface area contributed by atoms with Crippen LogP contribution >= 0.6 is 0 Å². The molecule has 2 unspecified atom stereocenters. The van der Waals surface area contributed by atoms with Crippen molar-refractivity contribution in [1.29, 1.82) is 5.26 Å². The molecule has 0 aliphatic carbocycles. The number of hydrogen-bond donors (Lipinski definition) is 1. The van der Waals surface area contributed by atoms with Crippen LogP contribution in [0.3, 0.4) is 0 Å². The van der Waals surface area contributed by atoms with Gasteiger partial charge in [0.05, 0.1) is 30.4 Å². The maximum atomic E-state index is 13.1. The number of carbonyl (C=O) groups is 1. The summed E-state index contributed by atoms with van der Waals surface area (Å²) in [5.41, 5.74) is 1.99. The van der Waals surface area contributed by atoms with E-state index in [1.165, 1.54) is 12.1 Å². The zero-order chi connectivity index (χ0) is 18.5. The quantitative estimate of drug-likeness (QED) is 0.917. The number of nitrogens with one attached hydrogen (secondary N) is 1. The molecule has 2 aromatic rings. The van der Waals surface area contributed by atoms with Crippen molar-refractivity contribution in [1.82, 2.24) is 4.90 Å². The number of carbonyl (C=O) groups excluding carboxylic acids is 1. The van der Waals surface area contributed by atoms with Crippen LogP contribution in [0.1, 0.15) is 24.2 Å². The zero-order valence-corrected chi connectivity index (χ0v) is 14.5. The van der Waals surface area contributed by atoms with Crippen LogP contribution in [0.15, 0.2) is 48.5 Å². The molecular weight excluding hydrogens is 333 g/mol. The van der Waals surface area contributed by atoms with Crippen molar-refractivity contribution in [3.63, 3.8) is 0 Å². The van der Waals surface area contributed by atoms with E-state index in [2.05, 4.69) is 11.4 Å². The molecule has 1 aliphatic rings. The predicted molar refractivity (Wildman–Crippen MR) is 95.9 cm³/mol. The number of anilines is 1. The van der Waals surface area contributed by atoms with Crippen LogP contribution in [-0.4, -0.2) is 36.5 Å². The van der Waals surface area contributed by atoms with Gasteiger partial charge in [0.2, 0.25) is 5.91 Å². The summed E-state index contributed by atoms with van der Waals surface area (Å²) in [6.07, 6.45) is -0.193. The molecule has 1 N–H and O–H groups in total. The Bertz CT molecular complexity index is 817. The van der Waals surface area contributed by atoms with Crippen LogP contribution in [0, 0.1) is 17.1 Å². The molecule has 6 heteroatoms. The number of morpholine rings is 1. The third-order valence-corrected chi connectivity index (χ3v) is 4.53. The highest BCUT2D eigenvalue weighted by Gasteiger charge is 2.28. The van der Waals surface area contributed by atoms with Crippen molar-refractivity contribution in [2.24, 2.45) is 0 Å². The molecule has 1 amide bonds. The van der Waals surface area contributed by atoms with E-state index in [9.17, 15) is 9.18 Å². The van der Waals surface area contributed by atoms with Gasteiger partial charge in [-0.3, -0.25) is 9.69 Å². The molecule has 26 heavy (non-hydrogen) atoms. The largest absolute Gasteiger partial charge is 0.371 e. The summed E-state index contributed by atoms with van der Waals surface area (Å²) in [5, 5.41) is 11.8. The molecule has 3 rings (SSSR count). The van der Waals surface area contributed by atoms with Crippen LogP contribution in [-0.2, 0) is 9.53 Å². The number of rotatable bonds is 4. The normalized spacial score (nSPS) is 18.7. The average molecular weight is 353 g/mol. The Balaban J connectivity index is 1.64. The van der Waals surface area contributed by atoms with Gasteiger partial charge in [0, 0.05) is 18.8 Å². The Morgan fingerprint density at radius 3 is 2.85 bits per heavy atom. The molecule has 2 aromatic carbocycles. The smallest absolute Gasteiger partial charge is 0.241 e. The number of nitrogens with zero attached hydrogens (tertiary/aromatic N) is 2. The molecule has 2 atom stereocenters. The molecule has 1 aliphatic heterocycles. The molecule has 0 spiro atoms. The summed E-state index contributed by atoms with van der Waals surface area (Å²) >= 11 is 0. The van der Waals surface area contributed by atoms with E-state index in [1.807, 2.05) is 11.8 Å². The summed E-state index contributed by atoms with van der Waals surface area (Å²) in [6.45, 7) is 3.54. The van der Waals surface area contributed by atoms with Crippen LogP contribution in [0.25, 0.3) is 0 Å². The Labute approximate surface area is 152 Å². The van der Waals surface area contributed by atoms with Gasteiger partial charge in [0.25, 0.3) is 0 Å². The first-order valence-corrected chi connectivity index (χ1v) is 8.49. The SMILES string of the molecule is CC(C(=O)Nc1cccc(C#N)c1)N1CCOC(c2ccc(F)cc2)C1. The Kier molecular flexibility index (Phi) is 5.61. The Morgan fingerprint density at radius 2 is 2.12 bits per heavy atom. The topological polar surface area (TPSA) is 65.4 Å². The van der Waals surface area contributed by atoms with Crippen molar-refractivity contribution < 1.29 is 13.9 Å². The maximum absolute atomic E-state index is 13.1. The summed E-state index contributed by atoms with van der Waals surface area (Å²) in [5.74, 6) is -0.423. The van der Waals surface area contributed by atoms with Gasteiger partial charge in [-0.05, 0) is 42.8 Å². The molecule has 0 aromatic heterocycles. The van der Waals surface area contributed by atoms with Crippen molar-refractivity contribution in [3.8, 4) is 6.07 Å². The first-order chi connectivity index (χ1) is 12.6. The Hall–Kier alpha value is -2.75. The number of hydrogen-bond acceptors (Lipinski definition) is 4. The van der Waals surface area contributed by atoms with Crippen molar-refractivity contribution in [2.45, 2.75) is 19.1 Å². The van der Waals surface area contributed by atoms with E-state index in [1.54, 1.807) is 36.4 Å². The predicted octanol–water partition coefficient (Wildman–Crippen LogP) is 3.10. The summed E-state index contributed by atoms with van der Waals surface area (Å²) < 4.78 is 18.9. The zero-order valence-electron chi connectivity index (χ0n) is 14.5. The molecular formula is C20H20FN3O2. The highest BCUT2D eigenvalue weighted by Crippen LogP contribution is 2.24. The summed E-state index contributed by atoms with van der Waals surface area (Å²) in [6, 6.07) is 14.8. The number of amides is 1. The maximum Gasteiger partial charge on any atom is 0.241 e. The standard InChI is InChI=1S/C20H20FN3O2/c1-14(20(25)23-18-4-2-3-15(11-18)12-22)24-9-10-26-19(13-24)16-5-7-17(21)8-6-16/h2-8,11,14,19H,9-10,13H2,1H3,(H,23,25). The van der Waals surface area contributed by atoms with Gasteiger partial charge in [0.15, 0.2) is 0 Å². The van der Waals surface area contributed by atoms with Crippen LogP contribution in [0.4, 0.5) is 10.1 Å². The molecule has 5 nitrogen and oxygen atoms in total. The number of benzene rings is 2. The van der Waals surface area contributed by atoms with Gasteiger partial charge in [-0.25, -0.2) is 4.39 Å². The molecule has 134 valence electrons. The van der Waals surface area contributed by atoms with E-state index < -0.39 is 0 Å². The minimum atomic E-state index is -0.354. The van der Waals surface area contributed by atoms with Crippen LogP contribution < -0.4 is 5.32 Å². The lowest BCUT2D eigenvalue weighted by atomic mass is 10.1. The van der Waals surface area contributed by atoms with Gasteiger partial charge in [-0.15, -0.1) is 0 Å². The number of nitriles is 1. The highest BCUT2D eigenvalue weighted by molar-refractivity contribution is 5.94. The van der Waals surface area contributed by atoms with Gasteiger partial charge in [-0.2, -0.15) is 5.26 Å². The fourth-order valence-corrected chi connectivity index (χ4v) is 2.98. The van der Waals surface area contributed by atoms with Crippen molar-refractivity contribution in [2.75, 3.05) is 25.0 Å². The fourth-order valence-electron chi connectivity index (χ4n) is 2.98. The number of halogens is 1. The lowest BCUT2D eigenvalue weighted by molar-refractivity contribution is -0.124. The third kappa shape index (κ3) is 4.26. The summed E-state index contributed by atoms with van der Waals surface area (Å²) in [4.78, 5) is 14.6. The Morgan fingerprint density at radius 1 is 1.35 bits per heavy atom. The second-order valence-corrected chi connectivity index (χ2v) is 6.26. The van der Waals surface area contributed by atoms with E-state index in [-0.39, 0.29) is 23.9 Å². The van der Waals surface area contributed by atoms with E-state index in [0.717, 1.165) is 5.56 Å². The summed E-state index contributed by atoms with van der Waals surface area (Å²) in [7, 11) is 0. The van der Waals surface area contributed by atoms with Crippen LogP contribution in [0.5, 0.6) is 0 Å². The monoisotopic (exact) mass is 353 g/mol. The molecule has 1 fully saturated rings. The molecule has 0 bridgehead atoms. The lowest BCUT2D eigenvalue weighted by Crippen LogP contribution is -2.48. The lowest BCUT2D eigenvalue weighted by Gasteiger charge is -2.36. The van der Waals surface area contributed by atoms with Crippen molar-refractivity contribution >= 4 is 11.6 Å². The first-order valence-electron chi connectivity index (χ1n) is 8.49. The minimum absolute atomic E-state index is 0.139. The minimum Gasteiger partial charge on any atom is -0.371 e. The van der Waals surface area contributed by atoms with Gasteiger partial charge in [0.1, 0.15) is 5.82 Å². The second kappa shape index (κ2) is 8.09. The van der Waals surface area contributed by atoms with Gasteiger partial charge in [-0.1, -0.05) is 18.2 Å².